The summed E-state index contributed by atoms with van der Waals surface area (Å²) >= 11 is 0. The van der Waals surface area contributed by atoms with Gasteiger partial charge in [-0.2, -0.15) is 0 Å². The molecule has 94 valence electrons. The van der Waals surface area contributed by atoms with Gasteiger partial charge in [-0.05, 0) is 54.2 Å². The molecule has 1 aliphatic carbocycles. The number of aryl methyl sites for hydroxylation is 2. The third-order valence-corrected chi connectivity index (χ3v) is 4.34. The van der Waals surface area contributed by atoms with E-state index in [2.05, 4.69) is 39.0 Å². The highest BCUT2D eigenvalue weighted by molar-refractivity contribution is 5.35. The molecular weight excluding hydrogens is 208 g/mol. The average molecular weight is 232 g/mol. The van der Waals surface area contributed by atoms with Gasteiger partial charge in [-0.25, -0.2) is 0 Å². The Morgan fingerprint density at radius 3 is 2.47 bits per heavy atom. The van der Waals surface area contributed by atoms with E-state index in [0.29, 0.717) is 0 Å². The topological polar surface area (TPSA) is 20.2 Å². The monoisotopic (exact) mass is 232 g/mol. The highest BCUT2D eigenvalue weighted by Crippen LogP contribution is 2.37. The minimum Gasteiger partial charge on any atom is -0.388 e. The van der Waals surface area contributed by atoms with Crippen molar-refractivity contribution in [1.82, 2.24) is 0 Å². The van der Waals surface area contributed by atoms with Crippen LogP contribution < -0.4 is 0 Å². The van der Waals surface area contributed by atoms with Crippen LogP contribution in [0, 0.1) is 5.41 Å². The largest absolute Gasteiger partial charge is 0.388 e. The van der Waals surface area contributed by atoms with Crippen LogP contribution in [0.3, 0.4) is 0 Å². The van der Waals surface area contributed by atoms with Crippen LogP contribution in [0.15, 0.2) is 18.2 Å². The van der Waals surface area contributed by atoms with Gasteiger partial charge in [0.25, 0.3) is 0 Å². The van der Waals surface area contributed by atoms with Crippen LogP contribution >= 0.6 is 0 Å². The van der Waals surface area contributed by atoms with Crippen molar-refractivity contribution in [3.63, 3.8) is 0 Å². The number of aliphatic hydroxyl groups is 1. The van der Waals surface area contributed by atoms with Crippen LogP contribution in [0.25, 0.3) is 0 Å². The lowest BCUT2D eigenvalue weighted by molar-refractivity contribution is 0.0465. The Morgan fingerprint density at radius 1 is 1.18 bits per heavy atom. The fraction of sp³-hybridized carbons (Fsp3) is 0.625. The quantitative estimate of drug-likeness (QED) is 0.834. The summed E-state index contributed by atoms with van der Waals surface area (Å²) in [4.78, 5) is 0. The smallest absolute Gasteiger partial charge is 0.0840 e. The summed E-state index contributed by atoms with van der Waals surface area (Å²) < 4.78 is 0. The SMILES string of the molecule is CCC(C)(C)C(O)c1ccc2c(c1)CCCC2. The Kier molecular flexibility index (Phi) is 3.58. The molecule has 0 bridgehead atoms. The Balaban J connectivity index is 2.28. The van der Waals surface area contributed by atoms with E-state index in [4.69, 9.17) is 0 Å². The fourth-order valence-corrected chi connectivity index (χ4v) is 2.57. The Morgan fingerprint density at radius 2 is 1.82 bits per heavy atom. The van der Waals surface area contributed by atoms with Crippen molar-refractivity contribution in [2.24, 2.45) is 5.41 Å². The van der Waals surface area contributed by atoms with Gasteiger partial charge in [-0.15, -0.1) is 0 Å². The molecule has 1 aromatic rings. The van der Waals surface area contributed by atoms with Crippen LogP contribution in [-0.4, -0.2) is 5.11 Å². The van der Waals surface area contributed by atoms with Crippen molar-refractivity contribution >= 4 is 0 Å². The number of hydrogen-bond donors (Lipinski definition) is 1. The maximum absolute atomic E-state index is 10.4. The van der Waals surface area contributed by atoms with Crippen molar-refractivity contribution < 1.29 is 5.11 Å². The lowest BCUT2D eigenvalue weighted by Gasteiger charge is -2.30. The first-order valence-corrected chi connectivity index (χ1v) is 6.84. The van der Waals surface area contributed by atoms with Gasteiger partial charge in [0.2, 0.25) is 0 Å². The zero-order valence-corrected chi connectivity index (χ0v) is 11.3. The molecule has 0 aliphatic heterocycles. The molecule has 2 rings (SSSR count). The Hall–Kier alpha value is -0.820. The summed E-state index contributed by atoms with van der Waals surface area (Å²) in [6.45, 7) is 6.41. The van der Waals surface area contributed by atoms with E-state index in [-0.39, 0.29) is 11.5 Å². The molecule has 1 heteroatoms. The van der Waals surface area contributed by atoms with Crippen LogP contribution in [0.5, 0.6) is 0 Å². The first kappa shape index (κ1) is 12.6. The molecule has 1 nitrogen and oxygen atoms in total. The van der Waals surface area contributed by atoms with Gasteiger partial charge < -0.3 is 5.11 Å². The zero-order chi connectivity index (χ0) is 12.5. The van der Waals surface area contributed by atoms with Gasteiger partial charge in [0, 0.05) is 0 Å². The summed E-state index contributed by atoms with van der Waals surface area (Å²) in [6.07, 6.45) is 5.65. The molecule has 0 fully saturated rings. The molecule has 1 N–H and O–H groups in total. The molecule has 1 atom stereocenters. The average Bonchev–Trinajstić information content (AvgIpc) is 2.37. The van der Waals surface area contributed by atoms with Crippen LogP contribution in [0.4, 0.5) is 0 Å². The second kappa shape index (κ2) is 4.81. The Labute approximate surface area is 105 Å². The number of aliphatic hydroxyl groups excluding tert-OH is 1. The zero-order valence-electron chi connectivity index (χ0n) is 11.3. The van der Waals surface area contributed by atoms with Crippen molar-refractivity contribution in [2.75, 3.05) is 0 Å². The van der Waals surface area contributed by atoms with E-state index in [0.717, 1.165) is 12.0 Å². The minimum atomic E-state index is -0.347. The maximum atomic E-state index is 10.4. The highest BCUT2D eigenvalue weighted by Gasteiger charge is 2.27. The third kappa shape index (κ3) is 2.55. The van der Waals surface area contributed by atoms with E-state index in [1.165, 1.54) is 36.8 Å². The van der Waals surface area contributed by atoms with Crippen molar-refractivity contribution in [1.29, 1.82) is 0 Å². The molecule has 1 unspecified atom stereocenters. The highest BCUT2D eigenvalue weighted by atomic mass is 16.3. The molecule has 0 saturated carbocycles. The Bertz CT molecular complexity index is 393. The van der Waals surface area contributed by atoms with Crippen molar-refractivity contribution in [2.45, 2.75) is 59.0 Å². The molecule has 1 aromatic carbocycles. The van der Waals surface area contributed by atoms with Crippen LogP contribution in [-0.2, 0) is 12.8 Å². The van der Waals surface area contributed by atoms with Gasteiger partial charge in [0.05, 0.1) is 6.10 Å². The lowest BCUT2D eigenvalue weighted by atomic mass is 9.79. The molecule has 0 saturated heterocycles. The second-order valence-electron chi connectivity index (χ2n) is 5.98. The van der Waals surface area contributed by atoms with Crippen molar-refractivity contribution in [3.8, 4) is 0 Å². The molecule has 0 heterocycles. The van der Waals surface area contributed by atoms with E-state index in [1.54, 1.807) is 0 Å². The van der Waals surface area contributed by atoms with E-state index < -0.39 is 0 Å². The van der Waals surface area contributed by atoms with Crippen molar-refractivity contribution in [3.05, 3.63) is 34.9 Å². The second-order valence-corrected chi connectivity index (χ2v) is 5.98. The fourth-order valence-electron chi connectivity index (χ4n) is 2.57. The van der Waals surface area contributed by atoms with Gasteiger partial charge in [-0.3, -0.25) is 0 Å². The van der Waals surface area contributed by atoms with Crippen LogP contribution in [0.1, 0.15) is 62.8 Å². The first-order chi connectivity index (χ1) is 8.04. The number of rotatable bonds is 3. The number of hydrogen-bond acceptors (Lipinski definition) is 1. The van der Waals surface area contributed by atoms with Crippen LogP contribution in [0.2, 0.25) is 0 Å². The molecular formula is C16H24O. The lowest BCUT2D eigenvalue weighted by Crippen LogP contribution is -2.21. The number of benzene rings is 1. The summed E-state index contributed by atoms with van der Waals surface area (Å²) in [6, 6.07) is 6.57. The van der Waals surface area contributed by atoms with Gasteiger partial charge in [-0.1, -0.05) is 39.0 Å². The normalized spacial score (nSPS) is 17.6. The van der Waals surface area contributed by atoms with E-state index in [1.807, 2.05) is 0 Å². The standard InChI is InChI=1S/C16H24O/c1-4-16(2,3)15(17)14-10-9-12-7-5-6-8-13(12)11-14/h9-11,15,17H,4-8H2,1-3H3. The predicted molar refractivity (Wildman–Crippen MR) is 72.1 cm³/mol. The molecule has 17 heavy (non-hydrogen) atoms. The minimum absolute atomic E-state index is 0.0388. The predicted octanol–water partition coefficient (Wildman–Crippen LogP) is 4.04. The molecule has 0 aromatic heterocycles. The maximum Gasteiger partial charge on any atom is 0.0840 e. The number of fused-ring (bicyclic) bond motifs is 1. The first-order valence-electron chi connectivity index (χ1n) is 6.84. The summed E-state index contributed by atoms with van der Waals surface area (Å²) in [5.41, 5.74) is 4.00. The summed E-state index contributed by atoms with van der Waals surface area (Å²) in [5.74, 6) is 0. The molecule has 0 amide bonds. The molecule has 0 radical (unpaired) electrons. The van der Waals surface area contributed by atoms with E-state index >= 15 is 0 Å². The molecule has 0 spiro atoms. The van der Waals surface area contributed by atoms with Gasteiger partial charge in [0.1, 0.15) is 0 Å². The third-order valence-electron chi connectivity index (χ3n) is 4.34. The molecule has 1 aliphatic rings. The van der Waals surface area contributed by atoms with Gasteiger partial charge in [0.15, 0.2) is 0 Å². The van der Waals surface area contributed by atoms with E-state index in [9.17, 15) is 5.11 Å². The summed E-state index contributed by atoms with van der Waals surface area (Å²) in [7, 11) is 0. The summed E-state index contributed by atoms with van der Waals surface area (Å²) in [5, 5.41) is 10.4. The van der Waals surface area contributed by atoms with Gasteiger partial charge >= 0.3 is 0 Å².